The van der Waals surface area contributed by atoms with Crippen molar-refractivity contribution in [3.63, 3.8) is 0 Å². The predicted molar refractivity (Wildman–Crippen MR) is 65.6 cm³/mol. The highest BCUT2D eigenvalue weighted by Crippen LogP contribution is 2.35. The first-order valence-corrected chi connectivity index (χ1v) is 6.71. The second-order valence-corrected chi connectivity index (χ2v) is 5.69. The first-order valence-electron chi connectivity index (χ1n) is 6.71. The van der Waals surface area contributed by atoms with Crippen molar-refractivity contribution in [3.8, 4) is 0 Å². The highest BCUT2D eigenvalue weighted by atomic mass is 19.1. The zero-order valence-corrected chi connectivity index (χ0v) is 11.0. The van der Waals surface area contributed by atoms with Gasteiger partial charge in [0, 0.05) is 6.54 Å². The molecule has 2 aliphatic rings. The Kier molecular flexibility index (Phi) is 3.88. The van der Waals surface area contributed by atoms with Gasteiger partial charge in [0.2, 0.25) is 11.8 Å². The molecule has 2 rings (SSSR count). The van der Waals surface area contributed by atoms with Gasteiger partial charge in [-0.2, -0.15) is 0 Å². The number of nitrogens with zero attached hydrogens (tertiary/aromatic N) is 1. The number of carbonyl (C=O) groups excluding carboxylic acids is 2. The number of amides is 2. The minimum Gasteiger partial charge on any atom is -0.342 e. The van der Waals surface area contributed by atoms with Crippen molar-refractivity contribution in [2.24, 2.45) is 11.8 Å². The lowest BCUT2D eigenvalue weighted by atomic mass is 9.96. The number of alkyl halides is 1. The van der Waals surface area contributed by atoms with Crippen LogP contribution >= 0.6 is 0 Å². The fraction of sp³-hybridized carbons (Fsp3) is 0.846. The van der Waals surface area contributed by atoms with Crippen LogP contribution in [0.3, 0.4) is 0 Å². The number of nitrogens with one attached hydrogen (secondary N) is 1. The van der Waals surface area contributed by atoms with Crippen LogP contribution in [-0.4, -0.2) is 42.0 Å². The summed E-state index contributed by atoms with van der Waals surface area (Å²) < 4.78 is 12.6. The smallest absolute Gasteiger partial charge is 0.246 e. The van der Waals surface area contributed by atoms with Gasteiger partial charge in [0.1, 0.15) is 18.8 Å². The molecule has 4 nitrogen and oxygen atoms in total. The fourth-order valence-corrected chi connectivity index (χ4v) is 2.57. The largest absolute Gasteiger partial charge is 0.342 e. The summed E-state index contributed by atoms with van der Waals surface area (Å²) in [5.74, 6) is 0.353. The topological polar surface area (TPSA) is 49.4 Å². The van der Waals surface area contributed by atoms with E-state index in [1.165, 1.54) is 4.90 Å². The van der Waals surface area contributed by atoms with Crippen LogP contribution in [0.1, 0.15) is 33.1 Å². The third-order valence-corrected chi connectivity index (χ3v) is 3.64. The standard InChI is InChI=1S/C13H21FN2O2/c1-8(2)7-10-12(17)15-11(9-3-4-9)13(18)16(10)6-5-14/h8-11H,3-7H2,1-2H3,(H,15,17). The van der Waals surface area contributed by atoms with Crippen LogP contribution < -0.4 is 5.32 Å². The Balaban J connectivity index is 2.13. The zero-order valence-electron chi connectivity index (χ0n) is 11.0. The van der Waals surface area contributed by atoms with Crippen molar-refractivity contribution in [2.75, 3.05) is 13.2 Å². The summed E-state index contributed by atoms with van der Waals surface area (Å²) in [6, 6.07) is -0.907. The van der Waals surface area contributed by atoms with E-state index in [2.05, 4.69) is 5.32 Å². The van der Waals surface area contributed by atoms with E-state index in [9.17, 15) is 14.0 Å². The van der Waals surface area contributed by atoms with Crippen LogP contribution in [0.2, 0.25) is 0 Å². The molecule has 2 unspecified atom stereocenters. The molecule has 5 heteroatoms. The monoisotopic (exact) mass is 256 g/mol. The Morgan fingerprint density at radius 2 is 2.06 bits per heavy atom. The maximum Gasteiger partial charge on any atom is 0.246 e. The van der Waals surface area contributed by atoms with Crippen LogP contribution in [0.5, 0.6) is 0 Å². The van der Waals surface area contributed by atoms with Crippen molar-refractivity contribution in [3.05, 3.63) is 0 Å². The molecule has 0 spiro atoms. The van der Waals surface area contributed by atoms with Crippen molar-refractivity contribution in [1.29, 1.82) is 0 Å². The van der Waals surface area contributed by atoms with Crippen LogP contribution in [0.15, 0.2) is 0 Å². The first-order chi connectivity index (χ1) is 8.54. The first kappa shape index (κ1) is 13.3. The van der Waals surface area contributed by atoms with Gasteiger partial charge in [-0.3, -0.25) is 9.59 Å². The van der Waals surface area contributed by atoms with E-state index in [0.29, 0.717) is 12.3 Å². The average molecular weight is 256 g/mol. The number of piperazine rings is 1. The molecule has 0 aromatic rings. The highest BCUT2D eigenvalue weighted by molar-refractivity contribution is 5.97. The second-order valence-electron chi connectivity index (χ2n) is 5.69. The van der Waals surface area contributed by atoms with Crippen LogP contribution in [-0.2, 0) is 9.59 Å². The molecular weight excluding hydrogens is 235 g/mol. The van der Waals surface area contributed by atoms with Gasteiger partial charge in [0.15, 0.2) is 0 Å². The van der Waals surface area contributed by atoms with Crippen molar-refractivity contribution in [1.82, 2.24) is 10.2 Å². The maximum absolute atomic E-state index is 12.6. The fourth-order valence-electron chi connectivity index (χ4n) is 2.57. The molecule has 2 atom stereocenters. The average Bonchev–Trinajstić information content (AvgIpc) is 3.11. The molecule has 1 aliphatic heterocycles. The van der Waals surface area contributed by atoms with Gasteiger partial charge >= 0.3 is 0 Å². The number of carbonyl (C=O) groups is 2. The third kappa shape index (κ3) is 2.65. The minimum atomic E-state index is -0.592. The van der Waals surface area contributed by atoms with Gasteiger partial charge in [-0.05, 0) is 31.1 Å². The molecule has 1 saturated heterocycles. The minimum absolute atomic E-state index is 0.0346. The summed E-state index contributed by atoms with van der Waals surface area (Å²) in [4.78, 5) is 25.8. The normalized spacial score (nSPS) is 28.8. The van der Waals surface area contributed by atoms with E-state index < -0.39 is 18.8 Å². The molecule has 18 heavy (non-hydrogen) atoms. The summed E-state index contributed by atoms with van der Waals surface area (Å²) in [5.41, 5.74) is 0. The summed E-state index contributed by atoms with van der Waals surface area (Å²) in [6.45, 7) is 3.44. The Morgan fingerprint density at radius 3 is 2.56 bits per heavy atom. The van der Waals surface area contributed by atoms with Crippen molar-refractivity contribution < 1.29 is 14.0 Å². The Hall–Kier alpha value is -1.13. The van der Waals surface area contributed by atoms with Crippen LogP contribution in [0, 0.1) is 11.8 Å². The zero-order chi connectivity index (χ0) is 13.3. The number of halogens is 1. The summed E-state index contributed by atoms with van der Waals surface area (Å²) in [6.07, 6.45) is 2.55. The van der Waals surface area contributed by atoms with E-state index in [4.69, 9.17) is 0 Å². The van der Waals surface area contributed by atoms with Gasteiger partial charge in [0.05, 0.1) is 0 Å². The lowest BCUT2D eigenvalue weighted by Gasteiger charge is -2.39. The highest BCUT2D eigenvalue weighted by Gasteiger charge is 2.46. The van der Waals surface area contributed by atoms with Gasteiger partial charge in [-0.1, -0.05) is 13.8 Å². The van der Waals surface area contributed by atoms with Gasteiger partial charge in [-0.15, -0.1) is 0 Å². The number of rotatable bonds is 5. The van der Waals surface area contributed by atoms with E-state index in [-0.39, 0.29) is 24.3 Å². The lowest BCUT2D eigenvalue weighted by Crippen LogP contribution is -2.64. The molecule has 0 radical (unpaired) electrons. The molecular formula is C13H21FN2O2. The number of hydrogen-bond donors (Lipinski definition) is 1. The van der Waals surface area contributed by atoms with Gasteiger partial charge in [0.25, 0.3) is 0 Å². The van der Waals surface area contributed by atoms with E-state index in [0.717, 1.165) is 12.8 Å². The molecule has 102 valence electrons. The molecule has 2 fully saturated rings. The van der Waals surface area contributed by atoms with Crippen LogP contribution in [0.4, 0.5) is 4.39 Å². The maximum atomic E-state index is 12.6. The quantitative estimate of drug-likeness (QED) is 0.801. The van der Waals surface area contributed by atoms with Gasteiger partial charge < -0.3 is 10.2 Å². The molecule has 0 aromatic heterocycles. The second kappa shape index (κ2) is 5.24. The summed E-state index contributed by atoms with van der Waals surface area (Å²) >= 11 is 0. The van der Waals surface area contributed by atoms with Gasteiger partial charge in [-0.25, -0.2) is 4.39 Å². The third-order valence-electron chi connectivity index (χ3n) is 3.64. The van der Waals surface area contributed by atoms with Crippen LogP contribution in [0.25, 0.3) is 0 Å². The van der Waals surface area contributed by atoms with Crippen molar-refractivity contribution in [2.45, 2.75) is 45.2 Å². The van der Waals surface area contributed by atoms with E-state index >= 15 is 0 Å². The Bertz CT molecular complexity index is 342. The molecule has 1 aliphatic carbocycles. The predicted octanol–water partition coefficient (Wildman–Crippen LogP) is 1.11. The SMILES string of the molecule is CC(C)CC1C(=O)NC(C2CC2)C(=O)N1CCF. The Morgan fingerprint density at radius 1 is 1.39 bits per heavy atom. The molecule has 1 saturated carbocycles. The molecule has 0 aromatic carbocycles. The lowest BCUT2D eigenvalue weighted by molar-refractivity contribution is -0.150. The number of hydrogen-bond acceptors (Lipinski definition) is 2. The molecule has 0 bridgehead atoms. The van der Waals surface area contributed by atoms with Crippen molar-refractivity contribution >= 4 is 11.8 Å². The molecule has 1 heterocycles. The van der Waals surface area contributed by atoms with E-state index in [1.54, 1.807) is 0 Å². The summed E-state index contributed by atoms with van der Waals surface area (Å²) in [5, 5.41) is 2.82. The molecule has 2 amide bonds. The molecule has 1 N–H and O–H groups in total. The Labute approximate surface area is 107 Å². The summed E-state index contributed by atoms with van der Waals surface area (Å²) in [7, 11) is 0. The van der Waals surface area contributed by atoms with E-state index in [1.807, 2.05) is 13.8 Å².